The fraction of sp³-hybridized carbons (Fsp3) is 0.0667. The first kappa shape index (κ1) is 15.2. The van der Waals surface area contributed by atoms with Gasteiger partial charge in [0, 0.05) is 5.02 Å². The highest BCUT2D eigenvalue weighted by Crippen LogP contribution is 2.17. The minimum Gasteiger partial charge on any atom is -0.496 e. The summed E-state index contributed by atoms with van der Waals surface area (Å²) in [5.74, 6) is -0.0923. The summed E-state index contributed by atoms with van der Waals surface area (Å²) in [4.78, 5) is 17.1. The van der Waals surface area contributed by atoms with Gasteiger partial charge in [-0.3, -0.25) is 4.84 Å². The summed E-state index contributed by atoms with van der Waals surface area (Å²) in [5.41, 5.74) is 8.11. The molecule has 0 bridgehead atoms. The molecule has 0 saturated heterocycles. The van der Waals surface area contributed by atoms with E-state index in [2.05, 4.69) is 0 Å². The molecule has 0 atom stereocenters. The Labute approximate surface area is 127 Å². The van der Waals surface area contributed by atoms with Crippen molar-refractivity contribution in [3.63, 3.8) is 0 Å². The molecule has 0 heterocycles. The molecule has 4 N–H and O–H groups in total. The van der Waals surface area contributed by atoms with Crippen molar-refractivity contribution in [1.82, 2.24) is 0 Å². The number of rotatable bonds is 5. The third kappa shape index (κ3) is 3.88. The van der Waals surface area contributed by atoms with Gasteiger partial charge in [-0.05, 0) is 12.1 Å². The molecule has 0 unspecified atom stereocenters. The molecule has 2 aromatic carbocycles. The highest BCUT2D eigenvalue weighted by Gasteiger charge is 2.16. The first-order valence-corrected chi connectivity index (χ1v) is 6.55. The molecule has 0 spiro atoms. The van der Waals surface area contributed by atoms with Crippen molar-refractivity contribution in [2.45, 2.75) is 0 Å². The number of hydroxylamine groups is 1. The van der Waals surface area contributed by atoms with Crippen LogP contribution < -0.4 is 16.0 Å². The number of nitrogens with two attached hydrogens (primary N) is 2. The highest BCUT2D eigenvalue weighted by atomic mass is 35.5. The molecule has 0 aliphatic carbocycles. The Morgan fingerprint density at radius 1 is 1.19 bits per heavy atom. The minimum atomic E-state index is -0.538. The van der Waals surface area contributed by atoms with Crippen LogP contribution in [0.2, 0.25) is 5.02 Å². The van der Waals surface area contributed by atoms with Crippen molar-refractivity contribution >= 4 is 17.6 Å². The van der Waals surface area contributed by atoms with Crippen molar-refractivity contribution in [2.24, 2.45) is 5.73 Å². The molecule has 0 amide bonds. The molecular weight excluding hydrogens is 292 g/mol. The molecule has 2 rings (SSSR count). The maximum absolute atomic E-state index is 12.0. The lowest BCUT2D eigenvalue weighted by atomic mass is 10.2. The third-order valence-electron chi connectivity index (χ3n) is 2.80. The van der Waals surface area contributed by atoms with Gasteiger partial charge in [-0.2, -0.15) is 17.6 Å². The second kappa shape index (κ2) is 6.99. The molecule has 0 aliphatic heterocycles. The number of carbonyl (C=O) groups is 1. The Morgan fingerprint density at radius 2 is 1.86 bits per heavy atom. The van der Waals surface area contributed by atoms with Gasteiger partial charge in [0.2, 0.25) is 0 Å². The fourth-order valence-electron chi connectivity index (χ4n) is 1.70. The number of ether oxygens (including phenoxy) is 1. The molecule has 5 nitrogen and oxygen atoms in total. The first-order chi connectivity index (χ1) is 10.1. The molecule has 0 radical (unpaired) electrons. The van der Waals surface area contributed by atoms with E-state index in [1.54, 1.807) is 48.5 Å². The Kier molecular flexibility index (Phi) is 5.05. The van der Waals surface area contributed by atoms with Crippen LogP contribution in [0.5, 0.6) is 5.75 Å². The average molecular weight is 307 g/mol. The summed E-state index contributed by atoms with van der Waals surface area (Å²) in [6, 6.07) is 13.7. The number of hydrogen-bond acceptors (Lipinski definition) is 4. The largest absolute Gasteiger partial charge is 0.496 e. The van der Waals surface area contributed by atoms with E-state index in [0.29, 0.717) is 28.1 Å². The second-order valence-electron chi connectivity index (χ2n) is 4.19. The van der Waals surface area contributed by atoms with Gasteiger partial charge in [0.05, 0.1) is 7.11 Å². The quantitative estimate of drug-likeness (QED) is 0.648. The van der Waals surface area contributed by atoms with Gasteiger partial charge in [0.15, 0.2) is 0 Å². The molecule has 21 heavy (non-hydrogen) atoms. The number of benzene rings is 2. The van der Waals surface area contributed by atoms with Crippen LogP contribution in [-0.2, 0) is 4.84 Å². The predicted molar refractivity (Wildman–Crippen MR) is 78.3 cm³/mol. The number of quaternary nitrogens is 1. The lowest BCUT2D eigenvalue weighted by molar-refractivity contribution is -0.855. The molecular formula is C15H15ClN2O3. The zero-order valence-electron chi connectivity index (χ0n) is 11.4. The normalized spacial score (nSPS) is 10.0. The summed E-state index contributed by atoms with van der Waals surface area (Å²) in [7, 11) is 1.49. The number of carbonyl (C=O) groups excluding carboxylic acids is 1. The SMILES string of the molecule is COc1ccccc1C(=O)O[NH2+][C-](N)c1ccc(Cl)cc1. The highest BCUT2D eigenvalue weighted by molar-refractivity contribution is 6.30. The molecule has 0 aromatic heterocycles. The zero-order chi connectivity index (χ0) is 15.2. The lowest BCUT2D eigenvalue weighted by Gasteiger charge is -2.16. The molecule has 110 valence electrons. The molecule has 0 aliphatic rings. The van der Waals surface area contributed by atoms with E-state index in [1.807, 2.05) is 0 Å². The summed E-state index contributed by atoms with van der Waals surface area (Å²) >= 11 is 5.80. The van der Waals surface area contributed by atoms with Gasteiger partial charge in [-0.15, -0.1) is 5.56 Å². The topological polar surface area (TPSA) is 78.2 Å². The summed E-state index contributed by atoms with van der Waals surface area (Å²) in [6.07, 6.45) is 0.329. The van der Waals surface area contributed by atoms with Crippen LogP contribution in [0, 0.1) is 6.17 Å². The van der Waals surface area contributed by atoms with Gasteiger partial charge in [0.25, 0.3) is 0 Å². The number of methoxy groups -OCH3 is 1. The van der Waals surface area contributed by atoms with E-state index < -0.39 is 5.97 Å². The van der Waals surface area contributed by atoms with Crippen LogP contribution in [-0.4, -0.2) is 13.1 Å². The smallest absolute Gasteiger partial charge is 0.400 e. The van der Waals surface area contributed by atoms with Gasteiger partial charge in [0.1, 0.15) is 17.5 Å². The van der Waals surface area contributed by atoms with Crippen LogP contribution >= 0.6 is 11.6 Å². The number of halogens is 1. The van der Waals surface area contributed by atoms with Crippen LogP contribution in [0.1, 0.15) is 15.9 Å². The van der Waals surface area contributed by atoms with Crippen molar-refractivity contribution in [3.8, 4) is 5.75 Å². The van der Waals surface area contributed by atoms with Gasteiger partial charge >= 0.3 is 5.97 Å². The molecule has 0 fully saturated rings. The predicted octanol–water partition coefficient (Wildman–Crippen LogP) is 1.48. The van der Waals surface area contributed by atoms with Gasteiger partial charge in [-0.25, -0.2) is 4.79 Å². The molecule has 2 aromatic rings. The van der Waals surface area contributed by atoms with E-state index in [4.69, 9.17) is 26.9 Å². The fourth-order valence-corrected chi connectivity index (χ4v) is 1.83. The van der Waals surface area contributed by atoms with Crippen molar-refractivity contribution in [3.05, 3.63) is 70.8 Å². The van der Waals surface area contributed by atoms with Gasteiger partial charge in [-0.1, -0.05) is 35.9 Å². The average Bonchev–Trinajstić information content (AvgIpc) is 2.52. The van der Waals surface area contributed by atoms with Crippen LogP contribution in [0.3, 0.4) is 0 Å². The zero-order valence-corrected chi connectivity index (χ0v) is 12.1. The van der Waals surface area contributed by atoms with Crippen molar-refractivity contribution in [2.75, 3.05) is 7.11 Å². The number of para-hydroxylation sites is 1. The maximum atomic E-state index is 12.0. The summed E-state index contributed by atoms with van der Waals surface area (Å²) < 4.78 is 5.10. The van der Waals surface area contributed by atoms with E-state index >= 15 is 0 Å². The third-order valence-corrected chi connectivity index (χ3v) is 3.05. The Balaban J connectivity index is 1.99. The lowest BCUT2D eigenvalue weighted by Crippen LogP contribution is -2.88. The second-order valence-corrected chi connectivity index (χ2v) is 4.62. The Bertz CT molecular complexity index is 617. The summed E-state index contributed by atoms with van der Waals surface area (Å²) in [5, 5.41) is 0.609. The van der Waals surface area contributed by atoms with E-state index in [0.717, 1.165) is 0 Å². The van der Waals surface area contributed by atoms with Crippen molar-refractivity contribution in [1.29, 1.82) is 0 Å². The van der Waals surface area contributed by atoms with E-state index in [-0.39, 0.29) is 0 Å². The molecule has 6 heteroatoms. The maximum Gasteiger partial charge on any atom is 0.400 e. The minimum absolute atomic E-state index is 0.329. The van der Waals surface area contributed by atoms with Crippen LogP contribution in [0.25, 0.3) is 0 Å². The standard InChI is InChI=1S/C15H15ClN2O3/c1-20-13-5-3-2-4-12(13)15(19)21-18-14(17)10-6-8-11(16)9-7-10/h2-9H,17-18H2,1H3. The van der Waals surface area contributed by atoms with E-state index in [1.165, 1.54) is 12.6 Å². The Morgan fingerprint density at radius 3 is 2.52 bits per heavy atom. The molecule has 0 saturated carbocycles. The Hall–Kier alpha value is -2.21. The first-order valence-electron chi connectivity index (χ1n) is 6.17. The monoisotopic (exact) mass is 306 g/mol. The number of hydrogen-bond donors (Lipinski definition) is 2. The van der Waals surface area contributed by atoms with E-state index in [9.17, 15) is 4.79 Å². The van der Waals surface area contributed by atoms with Crippen LogP contribution in [0.4, 0.5) is 0 Å². The van der Waals surface area contributed by atoms with Gasteiger partial charge < -0.3 is 10.5 Å². The van der Waals surface area contributed by atoms with Crippen molar-refractivity contribution < 1.29 is 19.8 Å². The van der Waals surface area contributed by atoms with Crippen LogP contribution in [0.15, 0.2) is 48.5 Å². The summed E-state index contributed by atoms with van der Waals surface area (Å²) in [6.45, 7) is 0.